The number of pyridine rings is 2. The van der Waals surface area contributed by atoms with Crippen LogP contribution in [0, 0.1) is 17.8 Å². The van der Waals surface area contributed by atoms with Gasteiger partial charge in [0, 0.05) is 31.2 Å². The van der Waals surface area contributed by atoms with Crippen LogP contribution in [0.5, 0.6) is 5.75 Å². The molecule has 0 amide bonds. The second kappa shape index (κ2) is 7.88. The first-order valence-electron chi connectivity index (χ1n) is 9.69. The fraction of sp³-hybridized carbons (Fsp3) is 0.450. The molecule has 1 fully saturated rings. The molecule has 2 aromatic heterocycles. The second-order valence-electron chi connectivity index (χ2n) is 7.78. The molecule has 1 aliphatic heterocycles. The van der Waals surface area contributed by atoms with Crippen molar-refractivity contribution in [1.29, 1.82) is 0 Å². The topological polar surface area (TPSA) is 111 Å². The lowest BCUT2D eigenvalue weighted by Gasteiger charge is -2.30. The fourth-order valence-electron chi connectivity index (χ4n) is 4.55. The number of aryl methyl sites for hydroxylation is 1. The number of aromatic nitrogens is 2. The average Bonchev–Trinajstić information content (AvgIpc) is 3.14. The third-order valence-corrected chi connectivity index (χ3v) is 6.39. The predicted molar refractivity (Wildman–Crippen MR) is 111 cm³/mol. The Bertz CT molecular complexity index is 1070. The average molecular weight is 437 g/mol. The lowest BCUT2D eigenvalue weighted by atomic mass is 9.77. The van der Waals surface area contributed by atoms with Crippen LogP contribution in [0.4, 0.5) is 15.0 Å². The minimum atomic E-state index is -1.63. The third kappa shape index (κ3) is 3.41. The van der Waals surface area contributed by atoms with Crippen LogP contribution in [0.2, 0.25) is 5.02 Å². The summed E-state index contributed by atoms with van der Waals surface area (Å²) >= 11 is 6.67. The number of allylic oxidation sites excluding steroid dienone is 1. The number of hydrogen-bond acceptors (Lipinski definition) is 6. The summed E-state index contributed by atoms with van der Waals surface area (Å²) in [7, 11) is 0. The van der Waals surface area contributed by atoms with Gasteiger partial charge in [-0.1, -0.05) is 30.7 Å². The molecule has 8 nitrogen and oxygen atoms in total. The highest BCUT2D eigenvalue weighted by atomic mass is 35.5. The van der Waals surface area contributed by atoms with Crippen molar-refractivity contribution >= 4 is 34.5 Å². The molecule has 3 N–H and O–H groups in total. The van der Waals surface area contributed by atoms with Crippen LogP contribution in [0.15, 0.2) is 29.3 Å². The van der Waals surface area contributed by atoms with E-state index in [2.05, 4.69) is 22.7 Å². The van der Waals surface area contributed by atoms with Gasteiger partial charge in [-0.05, 0) is 11.8 Å². The molecule has 2 aliphatic rings. The van der Waals surface area contributed by atoms with E-state index in [1.54, 1.807) is 0 Å². The molecule has 0 bridgehead atoms. The van der Waals surface area contributed by atoms with Gasteiger partial charge in [-0.25, -0.2) is 14.2 Å². The Morgan fingerprint density at radius 1 is 1.40 bits per heavy atom. The van der Waals surface area contributed by atoms with Gasteiger partial charge >= 0.3 is 6.16 Å². The quantitative estimate of drug-likeness (QED) is 0.559. The van der Waals surface area contributed by atoms with Gasteiger partial charge in [-0.2, -0.15) is 0 Å². The highest BCUT2D eigenvalue weighted by Crippen LogP contribution is 2.40. The Labute approximate surface area is 176 Å². The van der Waals surface area contributed by atoms with Gasteiger partial charge in [-0.3, -0.25) is 4.79 Å². The lowest BCUT2D eigenvalue weighted by molar-refractivity contribution is 0.143. The van der Waals surface area contributed by atoms with E-state index >= 15 is 0 Å². The summed E-state index contributed by atoms with van der Waals surface area (Å²) in [6.07, 6.45) is 5.04. The molecule has 160 valence electrons. The zero-order valence-electron chi connectivity index (χ0n) is 16.3. The van der Waals surface area contributed by atoms with E-state index < -0.39 is 24.0 Å². The van der Waals surface area contributed by atoms with Crippen molar-refractivity contribution < 1.29 is 19.0 Å². The molecule has 0 spiro atoms. The smallest absolute Gasteiger partial charge is 0.449 e. The van der Waals surface area contributed by atoms with Crippen molar-refractivity contribution in [2.75, 3.05) is 24.7 Å². The van der Waals surface area contributed by atoms with Gasteiger partial charge < -0.3 is 25.0 Å². The van der Waals surface area contributed by atoms with Gasteiger partial charge in [-0.15, -0.1) is 0 Å². The summed E-state index contributed by atoms with van der Waals surface area (Å²) in [6, 6.07) is -0.0455. The molecule has 2 aromatic rings. The van der Waals surface area contributed by atoms with E-state index in [-0.39, 0.29) is 28.9 Å². The normalized spacial score (nSPS) is 25.5. The van der Waals surface area contributed by atoms with Gasteiger partial charge in [0.15, 0.2) is 5.75 Å². The minimum absolute atomic E-state index is 0.0455. The molecule has 1 saturated heterocycles. The Morgan fingerprint density at radius 3 is 2.80 bits per heavy atom. The van der Waals surface area contributed by atoms with E-state index in [9.17, 15) is 14.0 Å². The zero-order chi connectivity index (χ0) is 21.6. The summed E-state index contributed by atoms with van der Waals surface area (Å²) in [5.74, 6) is 1.07. The number of alkyl halides is 1. The number of fused-ring (bicyclic) bond motifs is 2. The lowest BCUT2D eigenvalue weighted by Crippen LogP contribution is -2.38. The maximum atomic E-state index is 13.2. The first-order valence-corrected chi connectivity index (χ1v) is 10.1. The molecule has 3 heterocycles. The first kappa shape index (κ1) is 20.6. The van der Waals surface area contributed by atoms with Crippen molar-refractivity contribution in [3.05, 3.63) is 39.8 Å². The molecule has 0 unspecified atom stereocenters. The highest BCUT2D eigenvalue weighted by Gasteiger charge is 2.41. The maximum Gasteiger partial charge on any atom is 0.511 e. The molecule has 10 heteroatoms. The second-order valence-corrected chi connectivity index (χ2v) is 8.16. The van der Waals surface area contributed by atoms with E-state index in [4.69, 9.17) is 22.4 Å². The zero-order valence-corrected chi connectivity index (χ0v) is 17.1. The monoisotopic (exact) mass is 436 g/mol. The third-order valence-electron chi connectivity index (χ3n) is 6.05. The summed E-state index contributed by atoms with van der Waals surface area (Å²) in [5, 5.41) is 9.15. The molecule has 4 atom stereocenters. The van der Waals surface area contributed by atoms with E-state index in [1.165, 1.54) is 17.0 Å². The van der Waals surface area contributed by atoms with Gasteiger partial charge in [0.05, 0.1) is 23.6 Å². The number of halogens is 2. The van der Waals surface area contributed by atoms with Crippen LogP contribution >= 0.6 is 11.6 Å². The van der Waals surface area contributed by atoms with Gasteiger partial charge in [0.2, 0.25) is 5.43 Å². The highest BCUT2D eigenvalue weighted by molar-refractivity contribution is 6.37. The molecule has 0 aromatic carbocycles. The summed E-state index contributed by atoms with van der Waals surface area (Å²) < 4.78 is 19.1. The van der Waals surface area contributed by atoms with Gasteiger partial charge in [0.25, 0.3) is 0 Å². The van der Waals surface area contributed by atoms with Crippen molar-refractivity contribution in [1.82, 2.24) is 9.55 Å². The fourth-order valence-corrected chi connectivity index (χ4v) is 4.92. The number of rotatable bonds is 4. The number of nitrogens with two attached hydrogens (primary N) is 1. The Balaban J connectivity index is 1.80. The molecule has 0 radical (unpaired) electrons. The van der Waals surface area contributed by atoms with Crippen molar-refractivity contribution in [2.45, 2.75) is 19.5 Å². The van der Waals surface area contributed by atoms with E-state index in [1.807, 2.05) is 11.0 Å². The van der Waals surface area contributed by atoms with Crippen LogP contribution < -0.4 is 20.8 Å². The largest absolute Gasteiger partial charge is 0.511 e. The molecule has 1 aliphatic carbocycles. The van der Waals surface area contributed by atoms with Gasteiger partial charge in [0.1, 0.15) is 17.5 Å². The number of anilines is 1. The van der Waals surface area contributed by atoms with Crippen LogP contribution in [0.3, 0.4) is 0 Å². The number of nitrogens with zero attached hydrogens (tertiary/aromatic N) is 3. The summed E-state index contributed by atoms with van der Waals surface area (Å²) in [5.41, 5.74) is 5.91. The van der Waals surface area contributed by atoms with E-state index in [0.29, 0.717) is 29.7 Å². The number of carbonyl (C=O) groups is 1. The van der Waals surface area contributed by atoms with Crippen LogP contribution in [-0.4, -0.2) is 46.6 Å². The maximum absolute atomic E-state index is 13.2. The minimum Gasteiger partial charge on any atom is -0.449 e. The SMILES string of the molecule is C[C@H]1C=C[C@@H](N)[C@H]2CN(c3ncc4c(=O)c(OC(=O)O)cn(CCF)c4c3Cl)C[C@H]21. The molecular formula is C20H22ClFN4O4. The van der Waals surface area contributed by atoms with Crippen LogP contribution in [0.1, 0.15) is 6.92 Å². The molecular weight excluding hydrogens is 415 g/mol. The van der Waals surface area contributed by atoms with Crippen LogP contribution in [0.25, 0.3) is 10.9 Å². The summed E-state index contributed by atoms with van der Waals surface area (Å²) in [4.78, 5) is 30.0. The standard InChI is InChI=1S/C20H22ClFN4O4/c1-10-2-3-14(23)13-8-26(7-12(10)13)19-16(21)17-11(6-24-19)18(27)15(30-20(28)29)9-25(17)5-4-22/h2-3,6,9-10,12-14H,4-5,7-8,23H2,1H3,(H,28,29)/t10-,12-,13-,14+/m0/s1. The molecule has 4 rings (SSSR count). The molecule has 30 heavy (non-hydrogen) atoms. The Hall–Kier alpha value is -2.65. The van der Waals surface area contributed by atoms with Crippen molar-refractivity contribution in [2.24, 2.45) is 23.5 Å². The van der Waals surface area contributed by atoms with E-state index in [0.717, 1.165) is 6.54 Å². The van der Waals surface area contributed by atoms with Crippen molar-refractivity contribution in [3.63, 3.8) is 0 Å². The predicted octanol–water partition coefficient (Wildman–Crippen LogP) is 2.66. The van der Waals surface area contributed by atoms with Crippen molar-refractivity contribution in [3.8, 4) is 5.75 Å². The van der Waals surface area contributed by atoms with Crippen LogP contribution in [-0.2, 0) is 6.54 Å². The Morgan fingerprint density at radius 2 is 2.13 bits per heavy atom. The number of ether oxygens (including phenoxy) is 1. The molecule has 0 saturated carbocycles. The Kier molecular flexibility index (Phi) is 5.42. The number of hydrogen-bond donors (Lipinski definition) is 2. The summed E-state index contributed by atoms with van der Waals surface area (Å²) in [6.45, 7) is 2.70. The number of carboxylic acid groups (broad SMARTS) is 1. The first-order chi connectivity index (χ1) is 14.3.